The van der Waals surface area contributed by atoms with Gasteiger partial charge in [-0.25, -0.2) is 5.10 Å². The number of nitrogen functional groups attached to an aromatic ring is 1. The number of H-pyrrole nitrogens is 1. The molecule has 102 valence electrons. The number of nitrogens with zero attached hydrogens (tertiary/aromatic N) is 3. The molecular formula is C12H10Cl2N6. The van der Waals surface area contributed by atoms with Gasteiger partial charge in [0.15, 0.2) is 0 Å². The van der Waals surface area contributed by atoms with Gasteiger partial charge in [0.2, 0.25) is 11.9 Å². The summed E-state index contributed by atoms with van der Waals surface area (Å²) in [5.41, 5.74) is 7.64. The Labute approximate surface area is 124 Å². The van der Waals surface area contributed by atoms with E-state index in [1.54, 1.807) is 12.1 Å². The van der Waals surface area contributed by atoms with Gasteiger partial charge in [-0.2, -0.15) is 4.98 Å². The van der Waals surface area contributed by atoms with Gasteiger partial charge in [-0.05, 0) is 18.2 Å². The molecular weight excluding hydrogens is 299 g/mol. The number of nitrogens with one attached hydrogen (secondary N) is 2. The lowest BCUT2D eigenvalue weighted by atomic mass is 10.1. The highest BCUT2D eigenvalue weighted by molar-refractivity contribution is 6.41. The molecule has 1 aromatic carbocycles. The van der Waals surface area contributed by atoms with Crippen LogP contribution in [0, 0.1) is 0 Å². The Kier molecular flexibility index (Phi) is 3.33. The second-order valence-corrected chi connectivity index (χ2v) is 4.93. The van der Waals surface area contributed by atoms with Crippen molar-refractivity contribution in [1.29, 1.82) is 0 Å². The zero-order valence-corrected chi connectivity index (χ0v) is 11.7. The molecule has 0 unspecified atom stereocenters. The number of benzene rings is 1. The number of aliphatic imine (C=N–C) groups is 1. The molecule has 0 aliphatic carbocycles. The van der Waals surface area contributed by atoms with E-state index in [-0.39, 0.29) is 5.95 Å². The van der Waals surface area contributed by atoms with Gasteiger partial charge in [0, 0.05) is 11.3 Å². The molecule has 20 heavy (non-hydrogen) atoms. The van der Waals surface area contributed by atoms with Crippen LogP contribution in [0.4, 0.5) is 17.6 Å². The zero-order chi connectivity index (χ0) is 14.1. The molecule has 0 fully saturated rings. The monoisotopic (exact) mass is 308 g/mol. The van der Waals surface area contributed by atoms with Crippen LogP contribution in [-0.4, -0.2) is 27.4 Å². The van der Waals surface area contributed by atoms with Crippen molar-refractivity contribution in [3.8, 4) is 0 Å². The third kappa shape index (κ3) is 2.48. The largest absolute Gasteiger partial charge is 0.368 e. The fraction of sp³-hybridized carbons (Fsp3) is 0.0833. The van der Waals surface area contributed by atoms with Crippen LogP contribution in [0.2, 0.25) is 10.0 Å². The third-order valence-electron chi connectivity index (χ3n) is 2.70. The maximum absolute atomic E-state index is 6.27. The molecule has 3 rings (SSSR count). The second kappa shape index (κ2) is 5.15. The van der Waals surface area contributed by atoms with E-state index in [1.165, 1.54) is 0 Å². The molecule has 0 saturated carbocycles. The van der Waals surface area contributed by atoms with Crippen LogP contribution < -0.4 is 11.1 Å². The van der Waals surface area contributed by atoms with Gasteiger partial charge < -0.3 is 11.1 Å². The van der Waals surface area contributed by atoms with Crippen LogP contribution in [0.3, 0.4) is 0 Å². The number of halogens is 2. The van der Waals surface area contributed by atoms with E-state index in [1.807, 2.05) is 12.2 Å². The molecule has 1 aliphatic rings. The molecule has 0 saturated heterocycles. The highest BCUT2D eigenvalue weighted by Gasteiger charge is 2.14. The number of rotatable bonds is 3. The normalized spacial score (nSPS) is 13.6. The molecule has 0 spiro atoms. The van der Waals surface area contributed by atoms with Crippen LogP contribution in [-0.2, 0) is 0 Å². The highest BCUT2D eigenvalue weighted by Crippen LogP contribution is 2.31. The van der Waals surface area contributed by atoms with Crippen molar-refractivity contribution in [1.82, 2.24) is 15.2 Å². The second-order valence-electron chi connectivity index (χ2n) is 4.11. The van der Waals surface area contributed by atoms with E-state index in [9.17, 15) is 0 Å². The molecule has 0 atom stereocenters. The summed E-state index contributed by atoms with van der Waals surface area (Å²) >= 11 is 12.5. The fourth-order valence-corrected chi connectivity index (χ4v) is 2.56. The average molecular weight is 309 g/mol. The fourth-order valence-electron chi connectivity index (χ4n) is 1.88. The first kappa shape index (κ1) is 13.0. The number of anilines is 3. The summed E-state index contributed by atoms with van der Waals surface area (Å²) in [5.74, 6) is 0.576. The molecule has 6 nitrogen and oxygen atoms in total. The predicted octanol–water partition coefficient (Wildman–Crippen LogP) is 2.80. The summed E-state index contributed by atoms with van der Waals surface area (Å²) in [6.07, 6.45) is 3.85. The topological polar surface area (TPSA) is 92.0 Å². The molecule has 8 heteroatoms. The maximum Gasteiger partial charge on any atom is 0.248 e. The summed E-state index contributed by atoms with van der Waals surface area (Å²) < 4.78 is 0. The summed E-state index contributed by atoms with van der Waals surface area (Å²) in [6, 6.07) is 3.48. The number of aromatic nitrogens is 3. The minimum atomic E-state index is 0.228. The summed E-state index contributed by atoms with van der Waals surface area (Å²) in [4.78, 5) is 8.26. The van der Waals surface area contributed by atoms with Crippen molar-refractivity contribution in [3.05, 3.63) is 39.9 Å². The number of nitrogens with two attached hydrogens (primary N) is 1. The first-order valence-electron chi connectivity index (χ1n) is 5.79. The SMILES string of the molecule is Nc1nc(Nc2cc(Cl)c(C3=NCC=C3)c(Cl)c2)n[nH]1. The van der Waals surface area contributed by atoms with Crippen molar-refractivity contribution in [3.63, 3.8) is 0 Å². The van der Waals surface area contributed by atoms with E-state index >= 15 is 0 Å². The zero-order valence-electron chi connectivity index (χ0n) is 10.2. The van der Waals surface area contributed by atoms with Gasteiger partial charge in [0.25, 0.3) is 0 Å². The van der Waals surface area contributed by atoms with Crippen LogP contribution >= 0.6 is 23.2 Å². The molecule has 4 N–H and O–H groups in total. The van der Waals surface area contributed by atoms with Gasteiger partial charge in [0.05, 0.1) is 22.3 Å². The Morgan fingerprint density at radius 2 is 2.00 bits per heavy atom. The molecule has 2 heterocycles. The van der Waals surface area contributed by atoms with E-state index in [0.717, 1.165) is 11.3 Å². The van der Waals surface area contributed by atoms with Gasteiger partial charge >= 0.3 is 0 Å². The van der Waals surface area contributed by atoms with Crippen molar-refractivity contribution in [2.75, 3.05) is 17.6 Å². The Hall–Kier alpha value is -2.05. The van der Waals surface area contributed by atoms with E-state index in [2.05, 4.69) is 25.5 Å². The van der Waals surface area contributed by atoms with Crippen molar-refractivity contribution in [2.45, 2.75) is 0 Å². The standard InChI is InChI=1S/C12H10Cl2N6/c13-7-4-6(17-12-18-11(15)19-20-12)5-8(14)10(7)9-2-1-3-16-9/h1-2,4-5H,3H2,(H4,15,17,18,19,20). The lowest BCUT2D eigenvalue weighted by Gasteiger charge is -2.09. The van der Waals surface area contributed by atoms with Crippen molar-refractivity contribution >= 4 is 46.5 Å². The first-order valence-corrected chi connectivity index (χ1v) is 6.54. The number of hydrogen-bond donors (Lipinski definition) is 3. The van der Waals surface area contributed by atoms with Crippen LogP contribution in [0.5, 0.6) is 0 Å². The van der Waals surface area contributed by atoms with Gasteiger partial charge in [-0.1, -0.05) is 29.3 Å². The van der Waals surface area contributed by atoms with Crippen LogP contribution in [0.25, 0.3) is 0 Å². The Morgan fingerprint density at radius 3 is 2.55 bits per heavy atom. The Balaban J connectivity index is 1.93. The summed E-state index contributed by atoms with van der Waals surface area (Å²) in [7, 11) is 0. The molecule has 0 bridgehead atoms. The van der Waals surface area contributed by atoms with Gasteiger partial charge in [0.1, 0.15) is 0 Å². The quantitative estimate of drug-likeness (QED) is 0.813. The average Bonchev–Trinajstić information content (AvgIpc) is 3.01. The lowest BCUT2D eigenvalue weighted by Crippen LogP contribution is -2.00. The number of aromatic amines is 1. The van der Waals surface area contributed by atoms with Crippen molar-refractivity contribution < 1.29 is 0 Å². The smallest absolute Gasteiger partial charge is 0.248 e. The predicted molar refractivity (Wildman–Crippen MR) is 81.1 cm³/mol. The Morgan fingerprint density at radius 1 is 1.25 bits per heavy atom. The Bertz CT molecular complexity index is 695. The minimum absolute atomic E-state index is 0.228. The molecule has 0 radical (unpaired) electrons. The van der Waals surface area contributed by atoms with Crippen LogP contribution in [0.15, 0.2) is 29.3 Å². The molecule has 0 amide bonds. The highest BCUT2D eigenvalue weighted by atomic mass is 35.5. The van der Waals surface area contributed by atoms with Gasteiger partial charge in [-0.3, -0.25) is 4.99 Å². The number of hydrogen-bond acceptors (Lipinski definition) is 5. The molecule has 1 aromatic heterocycles. The summed E-state index contributed by atoms with van der Waals surface area (Å²) in [6.45, 7) is 0.651. The van der Waals surface area contributed by atoms with Crippen LogP contribution in [0.1, 0.15) is 5.56 Å². The molecule has 2 aromatic rings. The van der Waals surface area contributed by atoms with Gasteiger partial charge in [-0.15, -0.1) is 5.10 Å². The first-order chi connectivity index (χ1) is 9.63. The minimum Gasteiger partial charge on any atom is -0.368 e. The lowest BCUT2D eigenvalue weighted by molar-refractivity contribution is 1.10. The maximum atomic E-state index is 6.27. The third-order valence-corrected chi connectivity index (χ3v) is 3.30. The molecule has 1 aliphatic heterocycles. The number of allylic oxidation sites excluding steroid dienone is 1. The summed E-state index contributed by atoms with van der Waals surface area (Å²) in [5, 5.41) is 10.4. The van der Waals surface area contributed by atoms with E-state index < -0.39 is 0 Å². The van der Waals surface area contributed by atoms with Crippen molar-refractivity contribution in [2.24, 2.45) is 4.99 Å². The van der Waals surface area contributed by atoms with E-state index in [4.69, 9.17) is 28.9 Å². The van der Waals surface area contributed by atoms with E-state index in [0.29, 0.717) is 28.2 Å².